The van der Waals surface area contributed by atoms with Crippen LogP contribution in [0.25, 0.3) is 0 Å². The monoisotopic (exact) mass is 229 g/mol. The second-order valence-electron chi connectivity index (χ2n) is 4.07. The number of likely N-dealkylation sites (tertiary alicyclic amines) is 1. The predicted octanol–water partition coefficient (Wildman–Crippen LogP) is 0.00790. The molecule has 1 saturated heterocycles. The first kappa shape index (κ1) is 12.8. The van der Waals surface area contributed by atoms with Crippen molar-refractivity contribution in [2.75, 3.05) is 26.8 Å². The van der Waals surface area contributed by atoms with Crippen molar-refractivity contribution >= 4 is 11.7 Å². The van der Waals surface area contributed by atoms with Crippen molar-refractivity contribution in [2.45, 2.75) is 19.3 Å². The lowest BCUT2D eigenvalue weighted by molar-refractivity contribution is -0.132. The molecule has 92 valence electrons. The number of amidine groups is 1. The molecule has 0 spiro atoms. The van der Waals surface area contributed by atoms with E-state index in [9.17, 15) is 4.79 Å². The van der Waals surface area contributed by atoms with Gasteiger partial charge in [0.25, 0.3) is 0 Å². The summed E-state index contributed by atoms with van der Waals surface area (Å²) >= 11 is 0. The molecule has 3 N–H and O–H groups in total. The van der Waals surface area contributed by atoms with Crippen LogP contribution in [-0.4, -0.2) is 48.7 Å². The van der Waals surface area contributed by atoms with Gasteiger partial charge in [0.15, 0.2) is 0 Å². The summed E-state index contributed by atoms with van der Waals surface area (Å²) in [6.07, 6.45) is 2.05. The fourth-order valence-electron chi connectivity index (χ4n) is 1.97. The summed E-state index contributed by atoms with van der Waals surface area (Å²) in [5, 5.41) is 11.2. The van der Waals surface area contributed by atoms with E-state index in [1.807, 2.05) is 0 Å². The first-order valence-corrected chi connectivity index (χ1v) is 5.40. The van der Waals surface area contributed by atoms with Gasteiger partial charge in [-0.05, 0) is 18.8 Å². The maximum absolute atomic E-state index is 11.7. The largest absolute Gasteiger partial charge is 0.409 e. The number of carbonyl (C=O) groups excluding carboxylic acids is 1. The van der Waals surface area contributed by atoms with Gasteiger partial charge in [-0.25, -0.2) is 0 Å². The first-order valence-electron chi connectivity index (χ1n) is 5.40. The molecule has 1 heterocycles. The molecule has 1 aliphatic heterocycles. The molecule has 1 unspecified atom stereocenters. The lowest BCUT2D eigenvalue weighted by atomic mass is 9.99. The van der Waals surface area contributed by atoms with E-state index < -0.39 is 0 Å². The van der Waals surface area contributed by atoms with Gasteiger partial charge in [-0.15, -0.1) is 0 Å². The number of hydrogen-bond donors (Lipinski definition) is 2. The van der Waals surface area contributed by atoms with Gasteiger partial charge >= 0.3 is 0 Å². The average Bonchev–Trinajstić information content (AvgIpc) is 2.29. The van der Waals surface area contributed by atoms with E-state index >= 15 is 0 Å². The summed E-state index contributed by atoms with van der Waals surface area (Å²) in [7, 11) is 1.66. The number of nitrogens with two attached hydrogens (primary N) is 1. The molecule has 0 aromatic carbocycles. The van der Waals surface area contributed by atoms with Crippen LogP contribution in [0.5, 0.6) is 0 Å². The molecule has 1 amide bonds. The fraction of sp³-hybridized carbons (Fsp3) is 0.800. The van der Waals surface area contributed by atoms with Gasteiger partial charge in [0, 0.05) is 20.2 Å². The standard InChI is InChI=1S/C10H19N3O3/c1-16-7-8-3-2-4-13(6-8)10(14)5-9(11)12-15/h8,15H,2-7H2,1H3,(H2,11,12). The van der Waals surface area contributed by atoms with Crippen LogP contribution in [0.15, 0.2) is 5.16 Å². The Kier molecular flexibility index (Phi) is 5.04. The minimum absolute atomic E-state index is 0.0177. The van der Waals surface area contributed by atoms with Gasteiger partial charge in [0.1, 0.15) is 5.84 Å². The Labute approximate surface area is 95.0 Å². The molecule has 0 aromatic rings. The maximum atomic E-state index is 11.7. The summed E-state index contributed by atoms with van der Waals surface area (Å²) in [4.78, 5) is 13.5. The molecule has 1 atom stereocenters. The number of carbonyl (C=O) groups is 1. The summed E-state index contributed by atoms with van der Waals surface area (Å²) in [6.45, 7) is 2.12. The van der Waals surface area contributed by atoms with Gasteiger partial charge in [-0.3, -0.25) is 4.79 Å². The molecule has 6 nitrogen and oxygen atoms in total. The highest BCUT2D eigenvalue weighted by Crippen LogP contribution is 2.17. The molecule has 1 aliphatic rings. The lowest BCUT2D eigenvalue weighted by Crippen LogP contribution is -2.42. The number of piperidine rings is 1. The highest BCUT2D eigenvalue weighted by atomic mass is 16.5. The van der Waals surface area contributed by atoms with Crippen molar-refractivity contribution < 1.29 is 14.7 Å². The zero-order valence-electron chi connectivity index (χ0n) is 9.56. The van der Waals surface area contributed by atoms with Crippen molar-refractivity contribution in [3.8, 4) is 0 Å². The second kappa shape index (κ2) is 6.32. The Morgan fingerprint density at radius 2 is 2.44 bits per heavy atom. The van der Waals surface area contributed by atoms with E-state index in [2.05, 4.69) is 5.16 Å². The quantitative estimate of drug-likeness (QED) is 0.307. The topological polar surface area (TPSA) is 88.2 Å². The third-order valence-electron chi connectivity index (χ3n) is 2.73. The van der Waals surface area contributed by atoms with Crippen LogP contribution in [0.4, 0.5) is 0 Å². The van der Waals surface area contributed by atoms with Crippen LogP contribution in [0, 0.1) is 5.92 Å². The Balaban J connectivity index is 2.43. The minimum atomic E-state index is -0.0869. The molecule has 0 bridgehead atoms. The number of nitrogens with zero attached hydrogens (tertiary/aromatic N) is 2. The zero-order chi connectivity index (χ0) is 12.0. The molecule has 0 aliphatic carbocycles. The number of hydrogen-bond acceptors (Lipinski definition) is 4. The Morgan fingerprint density at radius 3 is 3.06 bits per heavy atom. The molecular weight excluding hydrogens is 210 g/mol. The summed E-state index contributed by atoms with van der Waals surface area (Å²) in [5.41, 5.74) is 5.30. The van der Waals surface area contributed by atoms with Crippen molar-refractivity contribution in [1.29, 1.82) is 0 Å². The third-order valence-corrected chi connectivity index (χ3v) is 2.73. The van der Waals surface area contributed by atoms with Gasteiger partial charge < -0.3 is 20.6 Å². The van der Waals surface area contributed by atoms with Crippen LogP contribution in [0.2, 0.25) is 0 Å². The molecule has 1 fully saturated rings. The van der Waals surface area contributed by atoms with Crippen molar-refractivity contribution in [2.24, 2.45) is 16.8 Å². The van der Waals surface area contributed by atoms with Crippen LogP contribution in [-0.2, 0) is 9.53 Å². The maximum Gasteiger partial charge on any atom is 0.230 e. The molecular formula is C10H19N3O3. The number of rotatable bonds is 4. The highest BCUT2D eigenvalue weighted by Gasteiger charge is 2.23. The Bertz CT molecular complexity index is 266. The normalized spacial score (nSPS) is 22.2. The smallest absolute Gasteiger partial charge is 0.230 e. The summed E-state index contributed by atoms with van der Waals surface area (Å²) < 4.78 is 5.09. The van der Waals surface area contributed by atoms with E-state index in [-0.39, 0.29) is 18.2 Å². The molecule has 16 heavy (non-hydrogen) atoms. The van der Waals surface area contributed by atoms with Gasteiger partial charge in [0.2, 0.25) is 5.91 Å². The molecule has 0 radical (unpaired) electrons. The fourth-order valence-corrected chi connectivity index (χ4v) is 1.97. The van der Waals surface area contributed by atoms with Crippen molar-refractivity contribution in [3.05, 3.63) is 0 Å². The van der Waals surface area contributed by atoms with E-state index in [1.165, 1.54) is 0 Å². The lowest BCUT2D eigenvalue weighted by Gasteiger charge is -2.32. The van der Waals surface area contributed by atoms with Crippen LogP contribution in [0.1, 0.15) is 19.3 Å². The zero-order valence-corrected chi connectivity index (χ0v) is 9.56. The second-order valence-corrected chi connectivity index (χ2v) is 4.07. The van der Waals surface area contributed by atoms with Gasteiger partial charge in [-0.2, -0.15) is 0 Å². The number of oxime groups is 1. The number of ether oxygens (including phenoxy) is 1. The van der Waals surface area contributed by atoms with E-state index in [0.717, 1.165) is 19.4 Å². The predicted molar refractivity (Wildman–Crippen MR) is 59.2 cm³/mol. The molecule has 6 heteroatoms. The number of amides is 1. The van der Waals surface area contributed by atoms with Crippen molar-refractivity contribution in [1.82, 2.24) is 4.90 Å². The molecule has 0 saturated carbocycles. The highest BCUT2D eigenvalue weighted by molar-refractivity contribution is 5.98. The first-order chi connectivity index (χ1) is 7.67. The minimum Gasteiger partial charge on any atom is -0.409 e. The molecule has 0 aromatic heterocycles. The van der Waals surface area contributed by atoms with Gasteiger partial charge in [-0.1, -0.05) is 5.16 Å². The van der Waals surface area contributed by atoms with E-state index in [4.69, 9.17) is 15.7 Å². The SMILES string of the molecule is COCC1CCCN(C(=O)CC(N)=NO)C1. The third kappa shape index (κ3) is 3.69. The van der Waals surface area contributed by atoms with Crippen LogP contribution in [0.3, 0.4) is 0 Å². The summed E-state index contributed by atoms with van der Waals surface area (Å²) in [5.74, 6) is 0.268. The van der Waals surface area contributed by atoms with Crippen LogP contribution >= 0.6 is 0 Å². The molecule has 1 rings (SSSR count). The number of methoxy groups -OCH3 is 1. The van der Waals surface area contributed by atoms with E-state index in [0.29, 0.717) is 19.1 Å². The Morgan fingerprint density at radius 1 is 1.69 bits per heavy atom. The van der Waals surface area contributed by atoms with Crippen molar-refractivity contribution in [3.63, 3.8) is 0 Å². The van der Waals surface area contributed by atoms with Crippen LogP contribution < -0.4 is 5.73 Å². The van der Waals surface area contributed by atoms with E-state index in [1.54, 1.807) is 12.0 Å². The Hall–Kier alpha value is -1.30. The average molecular weight is 229 g/mol. The summed E-state index contributed by atoms with van der Waals surface area (Å²) in [6, 6.07) is 0. The van der Waals surface area contributed by atoms with Gasteiger partial charge in [0.05, 0.1) is 13.0 Å².